The van der Waals surface area contributed by atoms with Gasteiger partial charge in [-0.05, 0) is 24.5 Å². The van der Waals surface area contributed by atoms with Crippen LogP contribution in [0.25, 0.3) is 0 Å². The van der Waals surface area contributed by atoms with Crippen molar-refractivity contribution >= 4 is 11.6 Å². The van der Waals surface area contributed by atoms with Crippen molar-refractivity contribution < 1.29 is 9.90 Å². The first-order chi connectivity index (χ1) is 9.25. The molecule has 6 nitrogen and oxygen atoms in total. The van der Waals surface area contributed by atoms with Crippen molar-refractivity contribution in [2.75, 3.05) is 11.4 Å². The number of phenols is 1. The lowest BCUT2D eigenvalue weighted by atomic mass is 10.0. The summed E-state index contributed by atoms with van der Waals surface area (Å²) in [6.45, 7) is 0.756. The molecule has 0 atom stereocenters. The fourth-order valence-electron chi connectivity index (χ4n) is 2.42. The van der Waals surface area contributed by atoms with E-state index < -0.39 is 0 Å². The summed E-state index contributed by atoms with van der Waals surface area (Å²) in [5.41, 5.74) is 1.65. The Morgan fingerprint density at radius 2 is 2.32 bits per heavy atom. The second kappa shape index (κ2) is 4.72. The molecule has 0 radical (unpaired) electrons. The summed E-state index contributed by atoms with van der Waals surface area (Å²) in [5.74, 6) is 0.0668. The van der Waals surface area contributed by atoms with Gasteiger partial charge in [-0.25, -0.2) is 4.68 Å². The number of hydrogen-bond acceptors (Lipinski definition) is 4. The highest BCUT2D eigenvalue weighted by Crippen LogP contribution is 2.35. The highest BCUT2D eigenvalue weighted by molar-refractivity contribution is 5.96. The molecule has 0 saturated carbocycles. The first kappa shape index (κ1) is 11.7. The van der Waals surface area contributed by atoms with E-state index in [9.17, 15) is 9.90 Å². The number of carbonyl (C=O) groups is 1. The number of aryl methyl sites for hydroxylation is 1. The molecule has 0 saturated heterocycles. The molecule has 0 aliphatic carbocycles. The van der Waals surface area contributed by atoms with E-state index in [1.165, 1.54) is 10.9 Å². The van der Waals surface area contributed by atoms with Gasteiger partial charge in [-0.1, -0.05) is 17.3 Å². The molecule has 6 heteroatoms. The Balaban J connectivity index is 1.89. The van der Waals surface area contributed by atoms with Crippen LogP contribution < -0.4 is 4.90 Å². The Morgan fingerprint density at radius 1 is 1.42 bits per heavy atom. The Hall–Kier alpha value is -2.37. The topological polar surface area (TPSA) is 71.2 Å². The van der Waals surface area contributed by atoms with Crippen molar-refractivity contribution in [2.45, 2.75) is 19.4 Å². The smallest absolute Gasteiger partial charge is 0.248 e. The fourth-order valence-corrected chi connectivity index (χ4v) is 2.42. The van der Waals surface area contributed by atoms with E-state index in [-0.39, 0.29) is 18.2 Å². The van der Waals surface area contributed by atoms with Crippen molar-refractivity contribution in [2.24, 2.45) is 0 Å². The van der Waals surface area contributed by atoms with Crippen LogP contribution >= 0.6 is 0 Å². The van der Waals surface area contributed by atoms with E-state index >= 15 is 0 Å². The van der Waals surface area contributed by atoms with Gasteiger partial charge in [-0.2, -0.15) is 0 Å². The van der Waals surface area contributed by atoms with Crippen LogP contribution in [0, 0.1) is 0 Å². The summed E-state index contributed by atoms with van der Waals surface area (Å²) < 4.78 is 1.48. The van der Waals surface area contributed by atoms with Gasteiger partial charge in [-0.15, -0.1) is 5.10 Å². The first-order valence-corrected chi connectivity index (χ1v) is 6.21. The molecule has 1 aromatic carbocycles. The third-order valence-electron chi connectivity index (χ3n) is 3.27. The molecule has 3 rings (SSSR count). The fraction of sp³-hybridized carbons (Fsp3) is 0.308. The van der Waals surface area contributed by atoms with Crippen molar-refractivity contribution in [1.82, 2.24) is 15.0 Å². The van der Waals surface area contributed by atoms with Crippen LogP contribution in [0.3, 0.4) is 0 Å². The largest absolute Gasteiger partial charge is 0.506 e. The Bertz CT molecular complexity index is 595. The van der Waals surface area contributed by atoms with Crippen molar-refractivity contribution in [1.29, 1.82) is 0 Å². The van der Waals surface area contributed by atoms with Crippen LogP contribution in [0.15, 0.2) is 30.6 Å². The van der Waals surface area contributed by atoms with Crippen LogP contribution in [-0.4, -0.2) is 32.6 Å². The number of fused-ring (bicyclic) bond motifs is 1. The van der Waals surface area contributed by atoms with Crippen LogP contribution in [0.1, 0.15) is 12.0 Å². The summed E-state index contributed by atoms with van der Waals surface area (Å²) in [7, 11) is 0. The summed E-state index contributed by atoms with van der Waals surface area (Å²) in [4.78, 5) is 13.9. The number of para-hydroxylation sites is 1. The second-order valence-corrected chi connectivity index (χ2v) is 4.53. The van der Waals surface area contributed by atoms with E-state index in [0.29, 0.717) is 12.2 Å². The van der Waals surface area contributed by atoms with Crippen LogP contribution in [-0.2, 0) is 17.8 Å². The minimum absolute atomic E-state index is 0.0899. The highest BCUT2D eigenvalue weighted by atomic mass is 16.3. The van der Waals surface area contributed by atoms with Gasteiger partial charge in [0.2, 0.25) is 5.91 Å². The van der Waals surface area contributed by atoms with Gasteiger partial charge < -0.3 is 10.0 Å². The number of hydrogen-bond donors (Lipinski definition) is 1. The number of aromatic hydroxyl groups is 1. The van der Waals surface area contributed by atoms with Crippen molar-refractivity contribution in [3.63, 3.8) is 0 Å². The molecule has 19 heavy (non-hydrogen) atoms. The number of rotatable bonds is 2. The molecule has 0 bridgehead atoms. The predicted molar refractivity (Wildman–Crippen MR) is 68.8 cm³/mol. The van der Waals surface area contributed by atoms with Gasteiger partial charge in [0.15, 0.2) is 0 Å². The Morgan fingerprint density at radius 3 is 3.11 bits per heavy atom. The predicted octanol–water partition coefficient (Wildman–Crippen LogP) is 0.963. The Kier molecular flexibility index (Phi) is 2.91. The summed E-state index contributed by atoms with van der Waals surface area (Å²) in [6.07, 6.45) is 4.97. The van der Waals surface area contributed by atoms with E-state index in [1.807, 2.05) is 6.07 Å². The monoisotopic (exact) mass is 258 g/mol. The van der Waals surface area contributed by atoms with E-state index in [2.05, 4.69) is 10.3 Å². The number of benzene rings is 1. The molecule has 1 aliphatic heterocycles. The third-order valence-corrected chi connectivity index (χ3v) is 3.27. The average Bonchev–Trinajstić information content (AvgIpc) is 2.91. The van der Waals surface area contributed by atoms with Crippen molar-refractivity contribution in [3.05, 3.63) is 36.2 Å². The van der Waals surface area contributed by atoms with Gasteiger partial charge in [-0.3, -0.25) is 4.79 Å². The first-order valence-electron chi connectivity index (χ1n) is 6.21. The molecular formula is C13H14N4O2. The maximum Gasteiger partial charge on any atom is 0.248 e. The molecule has 98 valence electrons. The van der Waals surface area contributed by atoms with Crippen LogP contribution in [0.2, 0.25) is 0 Å². The van der Waals surface area contributed by atoms with Crippen LogP contribution in [0.5, 0.6) is 5.75 Å². The summed E-state index contributed by atoms with van der Waals surface area (Å²) in [6, 6.07) is 5.36. The lowest BCUT2D eigenvalue weighted by molar-refractivity contribution is -0.119. The molecule has 1 aliphatic rings. The molecule has 1 amide bonds. The van der Waals surface area contributed by atoms with E-state index in [0.717, 1.165) is 18.4 Å². The maximum atomic E-state index is 12.3. The zero-order valence-corrected chi connectivity index (χ0v) is 10.4. The maximum absolute atomic E-state index is 12.3. The van der Waals surface area contributed by atoms with Crippen LogP contribution in [0.4, 0.5) is 5.69 Å². The molecule has 1 N–H and O–H groups in total. The molecule has 0 fully saturated rings. The van der Waals surface area contributed by atoms with Gasteiger partial charge in [0.05, 0.1) is 11.9 Å². The van der Waals surface area contributed by atoms with E-state index in [4.69, 9.17) is 0 Å². The quantitative estimate of drug-likeness (QED) is 0.871. The van der Waals surface area contributed by atoms with Crippen molar-refractivity contribution in [3.8, 4) is 5.75 Å². The lowest BCUT2D eigenvalue weighted by Crippen LogP contribution is -2.37. The standard InChI is InChI=1S/C13H14N4O2/c18-11-5-1-3-10-4-2-7-17(13(10)11)12(19)9-16-8-6-14-15-16/h1,3,5-6,8,18H,2,4,7,9H2. The third kappa shape index (κ3) is 2.16. The molecule has 2 aromatic rings. The molecule has 0 unspecified atom stereocenters. The highest BCUT2D eigenvalue weighted by Gasteiger charge is 2.25. The SMILES string of the molecule is O=C(Cn1ccnn1)N1CCCc2cccc(O)c21. The number of phenolic OH excluding ortho intramolecular Hbond substituents is 1. The number of carbonyl (C=O) groups excluding carboxylic acids is 1. The normalized spacial score (nSPS) is 14.2. The molecular weight excluding hydrogens is 244 g/mol. The van der Waals surface area contributed by atoms with Gasteiger partial charge in [0, 0.05) is 12.7 Å². The summed E-state index contributed by atoms with van der Waals surface area (Å²) >= 11 is 0. The lowest BCUT2D eigenvalue weighted by Gasteiger charge is -2.30. The molecule has 2 heterocycles. The number of nitrogens with zero attached hydrogens (tertiary/aromatic N) is 4. The Labute approximate surface area is 110 Å². The minimum Gasteiger partial charge on any atom is -0.506 e. The average molecular weight is 258 g/mol. The molecule has 0 spiro atoms. The zero-order chi connectivity index (χ0) is 13.2. The number of aromatic nitrogens is 3. The number of amides is 1. The minimum atomic E-state index is -0.0899. The van der Waals surface area contributed by atoms with Gasteiger partial charge in [0.25, 0.3) is 0 Å². The summed E-state index contributed by atoms with van der Waals surface area (Å²) in [5, 5.41) is 17.4. The van der Waals surface area contributed by atoms with Gasteiger partial charge in [0.1, 0.15) is 12.3 Å². The zero-order valence-electron chi connectivity index (χ0n) is 10.4. The molecule has 1 aromatic heterocycles. The van der Waals surface area contributed by atoms with E-state index in [1.54, 1.807) is 23.2 Å². The second-order valence-electron chi connectivity index (χ2n) is 4.53. The van der Waals surface area contributed by atoms with Gasteiger partial charge >= 0.3 is 0 Å². The number of anilines is 1.